The number of anilines is 1. The van der Waals surface area contributed by atoms with E-state index in [1.54, 1.807) is 28.0 Å². The largest absolute Gasteiger partial charge is 0.324 e. The van der Waals surface area contributed by atoms with Gasteiger partial charge in [-0.15, -0.1) is 0 Å². The lowest BCUT2D eigenvalue weighted by Gasteiger charge is -2.28. The highest BCUT2D eigenvalue weighted by Crippen LogP contribution is 2.26. The van der Waals surface area contributed by atoms with Crippen LogP contribution >= 0.6 is 27.5 Å². The molecule has 1 heterocycles. The normalized spacial score (nSPS) is 14.0. The summed E-state index contributed by atoms with van der Waals surface area (Å²) in [6.07, 6.45) is 1.36. The van der Waals surface area contributed by atoms with Gasteiger partial charge in [-0.25, -0.2) is 0 Å². The van der Waals surface area contributed by atoms with Gasteiger partial charge in [0.25, 0.3) is 5.91 Å². The summed E-state index contributed by atoms with van der Waals surface area (Å²) in [5.74, 6) is -0.0843. The van der Waals surface area contributed by atoms with Gasteiger partial charge in [-0.05, 0) is 55.3 Å². The molecule has 130 valence electrons. The van der Waals surface area contributed by atoms with Crippen LogP contribution in [0, 0.1) is 6.92 Å². The van der Waals surface area contributed by atoms with Crippen LogP contribution < -0.4 is 4.90 Å². The van der Waals surface area contributed by atoms with Crippen molar-refractivity contribution in [2.75, 3.05) is 18.1 Å². The maximum Gasteiger partial charge on any atom is 0.259 e. The van der Waals surface area contributed by atoms with Crippen LogP contribution in [0.25, 0.3) is 0 Å². The Kier molecular flexibility index (Phi) is 5.45. The second kappa shape index (κ2) is 7.58. The first-order valence-electron chi connectivity index (χ1n) is 8.07. The molecule has 0 N–H and O–H groups in total. The molecule has 0 saturated carbocycles. The summed E-state index contributed by atoms with van der Waals surface area (Å²) in [5, 5.41) is 0.596. The summed E-state index contributed by atoms with van der Waals surface area (Å²) in [5.41, 5.74) is 2.19. The van der Waals surface area contributed by atoms with E-state index in [4.69, 9.17) is 11.6 Å². The van der Waals surface area contributed by atoms with Crippen LogP contribution in [0.1, 0.15) is 28.8 Å². The number of likely N-dealkylation sites (tertiary alicyclic amines) is 1. The zero-order chi connectivity index (χ0) is 18.0. The van der Waals surface area contributed by atoms with Crippen molar-refractivity contribution >= 4 is 45.0 Å². The van der Waals surface area contributed by atoms with Crippen LogP contribution in [0.4, 0.5) is 5.69 Å². The predicted molar refractivity (Wildman–Crippen MR) is 103 cm³/mol. The summed E-state index contributed by atoms with van der Waals surface area (Å²) in [4.78, 5) is 28.4. The van der Waals surface area contributed by atoms with Crippen molar-refractivity contribution in [3.05, 3.63) is 63.1 Å². The van der Waals surface area contributed by atoms with Gasteiger partial charge < -0.3 is 4.90 Å². The van der Waals surface area contributed by atoms with E-state index in [9.17, 15) is 9.59 Å². The van der Waals surface area contributed by atoms with E-state index >= 15 is 0 Å². The Hall–Kier alpha value is -1.85. The van der Waals surface area contributed by atoms with Gasteiger partial charge in [-0.1, -0.05) is 33.6 Å². The average Bonchev–Trinajstić information content (AvgIpc) is 3.00. The minimum absolute atomic E-state index is 0.0758. The highest BCUT2D eigenvalue weighted by molar-refractivity contribution is 9.10. The van der Waals surface area contributed by atoms with E-state index in [2.05, 4.69) is 15.9 Å². The van der Waals surface area contributed by atoms with E-state index in [0.29, 0.717) is 29.2 Å². The number of carbonyl (C=O) groups excluding carboxylic acids is 2. The highest BCUT2D eigenvalue weighted by Gasteiger charge is 2.26. The number of benzene rings is 2. The number of aryl methyl sites for hydroxylation is 1. The van der Waals surface area contributed by atoms with Gasteiger partial charge in [-0.2, -0.15) is 0 Å². The minimum atomic E-state index is -0.160. The molecule has 0 spiro atoms. The monoisotopic (exact) mass is 420 g/mol. The van der Waals surface area contributed by atoms with Crippen molar-refractivity contribution in [2.24, 2.45) is 0 Å². The summed E-state index contributed by atoms with van der Waals surface area (Å²) in [6.45, 7) is 2.81. The maximum absolute atomic E-state index is 13.1. The van der Waals surface area contributed by atoms with Crippen LogP contribution in [-0.2, 0) is 4.79 Å². The Balaban J connectivity index is 1.95. The van der Waals surface area contributed by atoms with E-state index in [-0.39, 0.29) is 18.5 Å². The summed E-state index contributed by atoms with van der Waals surface area (Å²) < 4.78 is 0.906. The van der Waals surface area contributed by atoms with Crippen LogP contribution in [0.15, 0.2) is 46.9 Å². The van der Waals surface area contributed by atoms with E-state index in [1.807, 2.05) is 31.2 Å². The van der Waals surface area contributed by atoms with Gasteiger partial charge in [0.15, 0.2) is 0 Å². The number of carbonyl (C=O) groups is 2. The maximum atomic E-state index is 13.1. The van der Waals surface area contributed by atoms with E-state index < -0.39 is 0 Å². The Morgan fingerprint density at radius 1 is 1.24 bits per heavy atom. The number of hydrogen-bond donors (Lipinski definition) is 0. The number of nitrogens with zero attached hydrogens (tertiary/aromatic N) is 2. The molecular weight excluding hydrogens is 404 g/mol. The Morgan fingerprint density at radius 2 is 1.96 bits per heavy atom. The molecular formula is C19H18BrClN2O2. The number of rotatable bonds is 4. The first-order valence-corrected chi connectivity index (χ1v) is 9.24. The molecule has 0 atom stereocenters. The molecule has 2 aromatic carbocycles. The molecule has 0 radical (unpaired) electrons. The third kappa shape index (κ3) is 4.05. The first-order chi connectivity index (χ1) is 12.0. The van der Waals surface area contributed by atoms with Gasteiger partial charge >= 0.3 is 0 Å². The lowest BCUT2D eigenvalue weighted by Crippen LogP contribution is -2.42. The van der Waals surface area contributed by atoms with Crippen molar-refractivity contribution in [2.45, 2.75) is 19.8 Å². The molecule has 0 aliphatic carbocycles. The fourth-order valence-electron chi connectivity index (χ4n) is 2.79. The molecule has 0 bridgehead atoms. The molecule has 4 nitrogen and oxygen atoms in total. The van der Waals surface area contributed by atoms with Gasteiger partial charge in [-0.3, -0.25) is 14.5 Å². The zero-order valence-corrected chi connectivity index (χ0v) is 16.2. The smallest absolute Gasteiger partial charge is 0.259 e. The fourth-order valence-corrected chi connectivity index (χ4v) is 3.22. The van der Waals surface area contributed by atoms with Crippen molar-refractivity contribution in [1.82, 2.24) is 4.90 Å². The first kappa shape index (κ1) is 18.0. The van der Waals surface area contributed by atoms with Crippen molar-refractivity contribution in [3.63, 3.8) is 0 Å². The highest BCUT2D eigenvalue weighted by atomic mass is 79.9. The van der Waals surface area contributed by atoms with Crippen LogP contribution in [-0.4, -0.2) is 29.9 Å². The van der Waals surface area contributed by atoms with Crippen LogP contribution in [0.5, 0.6) is 0 Å². The molecule has 2 aromatic rings. The average molecular weight is 422 g/mol. The Bertz CT molecular complexity index is 808. The summed E-state index contributed by atoms with van der Waals surface area (Å²) in [7, 11) is 0. The van der Waals surface area contributed by atoms with Crippen LogP contribution in [0.3, 0.4) is 0 Å². The lowest BCUT2D eigenvalue weighted by atomic mass is 10.1. The molecule has 0 aromatic heterocycles. The number of halogens is 2. The third-order valence-corrected chi connectivity index (χ3v) is 5.22. The quantitative estimate of drug-likeness (QED) is 0.722. The SMILES string of the molecule is Cc1ccc(N(CN2CCCC2=O)C(=O)c2ccc(Br)cc2)cc1Cl. The van der Waals surface area contributed by atoms with E-state index in [1.165, 1.54) is 0 Å². The number of amides is 2. The molecule has 1 fully saturated rings. The van der Waals surface area contributed by atoms with Gasteiger partial charge in [0, 0.05) is 33.7 Å². The van der Waals surface area contributed by atoms with E-state index in [0.717, 1.165) is 16.5 Å². The molecule has 25 heavy (non-hydrogen) atoms. The molecule has 1 saturated heterocycles. The molecule has 3 rings (SSSR count). The standard InChI is InChI=1S/C19H18BrClN2O2/c1-13-4-9-16(11-17(13)21)23(12-22-10-2-3-18(22)24)19(25)14-5-7-15(20)8-6-14/h4-9,11H,2-3,10,12H2,1H3. The molecule has 0 unspecified atom stereocenters. The van der Waals surface area contributed by atoms with Gasteiger partial charge in [0.2, 0.25) is 5.91 Å². The van der Waals surface area contributed by atoms with Gasteiger partial charge in [0.05, 0.1) is 0 Å². The molecule has 1 aliphatic heterocycles. The predicted octanol–water partition coefficient (Wildman–Crippen LogP) is 4.64. The van der Waals surface area contributed by atoms with Crippen LogP contribution in [0.2, 0.25) is 5.02 Å². The van der Waals surface area contributed by atoms with Crippen molar-refractivity contribution in [1.29, 1.82) is 0 Å². The molecule has 1 aliphatic rings. The number of hydrogen-bond acceptors (Lipinski definition) is 2. The third-order valence-electron chi connectivity index (χ3n) is 4.29. The summed E-state index contributed by atoms with van der Waals surface area (Å²) in [6, 6.07) is 12.7. The van der Waals surface area contributed by atoms with Crippen molar-refractivity contribution < 1.29 is 9.59 Å². The summed E-state index contributed by atoms with van der Waals surface area (Å²) >= 11 is 9.63. The van der Waals surface area contributed by atoms with Crippen molar-refractivity contribution in [3.8, 4) is 0 Å². The molecule has 2 amide bonds. The Labute approximate surface area is 160 Å². The van der Waals surface area contributed by atoms with Gasteiger partial charge in [0.1, 0.15) is 6.67 Å². The minimum Gasteiger partial charge on any atom is -0.324 e. The topological polar surface area (TPSA) is 40.6 Å². The fraction of sp³-hybridized carbons (Fsp3) is 0.263. The second-order valence-electron chi connectivity index (χ2n) is 6.08. The second-order valence-corrected chi connectivity index (χ2v) is 7.40. The Morgan fingerprint density at radius 3 is 2.56 bits per heavy atom. The lowest BCUT2D eigenvalue weighted by molar-refractivity contribution is -0.127. The molecule has 6 heteroatoms. The zero-order valence-electron chi connectivity index (χ0n) is 13.8.